The maximum absolute atomic E-state index is 13.2. The monoisotopic (exact) mass is 516 g/mol. The number of ether oxygens (including phenoxy) is 1. The molecule has 1 aliphatic heterocycles. The zero-order valence-corrected chi connectivity index (χ0v) is 23.4. The van der Waals surface area contributed by atoms with E-state index >= 15 is 0 Å². The number of piperidine rings is 1. The van der Waals surface area contributed by atoms with E-state index in [4.69, 9.17) is 16.2 Å². The molecule has 1 heterocycles. The molecule has 1 fully saturated rings. The van der Waals surface area contributed by atoms with Crippen LogP contribution in [0.1, 0.15) is 70.8 Å². The molecule has 0 spiro atoms. The summed E-state index contributed by atoms with van der Waals surface area (Å²) in [6.07, 6.45) is 4.60. The number of carbonyl (C=O) groups excluding carboxylic acids is 2. The van der Waals surface area contributed by atoms with Crippen molar-refractivity contribution in [3.05, 3.63) is 29.8 Å². The van der Waals surface area contributed by atoms with Crippen LogP contribution in [-0.2, 0) is 4.79 Å². The van der Waals surface area contributed by atoms with Gasteiger partial charge in [0.05, 0.1) is 17.9 Å². The lowest BCUT2D eigenvalue weighted by atomic mass is 9.85. The van der Waals surface area contributed by atoms with Gasteiger partial charge in [-0.3, -0.25) is 9.79 Å². The van der Waals surface area contributed by atoms with E-state index in [2.05, 4.69) is 49.2 Å². The van der Waals surface area contributed by atoms with Crippen LogP contribution in [0.5, 0.6) is 5.75 Å². The van der Waals surface area contributed by atoms with Crippen molar-refractivity contribution in [3.63, 3.8) is 0 Å². The van der Waals surface area contributed by atoms with E-state index in [0.717, 1.165) is 32.2 Å². The minimum Gasteiger partial charge on any atom is -0.410 e. The summed E-state index contributed by atoms with van der Waals surface area (Å²) in [7, 11) is 4.18. The third kappa shape index (κ3) is 10.3. The summed E-state index contributed by atoms with van der Waals surface area (Å²) in [5.41, 5.74) is 12.8. The first kappa shape index (κ1) is 30.6. The first-order valence-electron chi connectivity index (χ1n) is 13.6. The van der Waals surface area contributed by atoms with Crippen LogP contribution < -0.4 is 21.5 Å². The Labute approximate surface area is 223 Å². The van der Waals surface area contributed by atoms with Crippen LogP contribution in [0.15, 0.2) is 29.3 Å². The van der Waals surface area contributed by atoms with Crippen LogP contribution in [0.4, 0.5) is 4.79 Å². The zero-order valence-electron chi connectivity index (χ0n) is 23.4. The average Bonchev–Trinajstić information content (AvgIpc) is 2.85. The van der Waals surface area contributed by atoms with Gasteiger partial charge in [-0.05, 0) is 89.1 Å². The second-order valence-corrected chi connectivity index (χ2v) is 10.6. The van der Waals surface area contributed by atoms with Crippen LogP contribution in [-0.4, -0.2) is 80.0 Å². The van der Waals surface area contributed by atoms with Gasteiger partial charge in [-0.2, -0.15) is 0 Å². The fourth-order valence-corrected chi connectivity index (χ4v) is 5.14. The number of likely N-dealkylation sites (tertiary alicyclic amines) is 1. The first-order valence-corrected chi connectivity index (χ1v) is 13.6. The number of carbonyl (C=O) groups is 2. The van der Waals surface area contributed by atoms with E-state index in [1.165, 1.54) is 5.56 Å². The van der Waals surface area contributed by atoms with Gasteiger partial charge < -0.3 is 31.3 Å². The van der Waals surface area contributed by atoms with Gasteiger partial charge in [-0.15, -0.1) is 0 Å². The van der Waals surface area contributed by atoms with Gasteiger partial charge in [0.15, 0.2) is 0 Å². The molecule has 1 saturated heterocycles. The molecule has 1 unspecified atom stereocenters. The fraction of sp³-hybridized carbons (Fsp3) is 0.679. The topological polar surface area (TPSA) is 126 Å². The average molecular weight is 517 g/mol. The van der Waals surface area contributed by atoms with Crippen molar-refractivity contribution in [3.8, 4) is 5.75 Å². The SMILES string of the molecule is CC[C@@H](c1cccc(OC(=O)N2CCCCC2CNC(=O)[C@@H](N)CCCN=C(C)N)c1)[C@@H](C)CN(C)C. The van der Waals surface area contributed by atoms with Crippen LogP contribution in [0.25, 0.3) is 0 Å². The largest absolute Gasteiger partial charge is 0.415 e. The number of aliphatic imine (C=N–C) groups is 1. The highest BCUT2D eigenvalue weighted by Gasteiger charge is 2.29. The molecule has 4 atom stereocenters. The molecule has 9 nitrogen and oxygen atoms in total. The number of rotatable bonds is 13. The Morgan fingerprint density at radius 2 is 2.05 bits per heavy atom. The number of nitrogens with two attached hydrogens (primary N) is 2. The molecule has 0 aliphatic carbocycles. The summed E-state index contributed by atoms with van der Waals surface area (Å²) >= 11 is 0. The van der Waals surface area contributed by atoms with E-state index in [1.54, 1.807) is 11.8 Å². The summed E-state index contributed by atoms with van der Waals surface area (Å²) in [6.45, 7) is 8.72. The Balaban J connectivity index is 1.95. The summed E-state index contributed by atoms with van der Waals surface area (Å²) in [4.78, 5) is 33.7. The highest BCUT2D eigenvalue weighted by Crippen LogP contribution is 2.31. The quantitative estimate of drug-likeness (QED) is 0.210. The molecule has 37 heavy (non-hydrogen) atoms. The molecule has 0 radical (unpaired) electrons. The second kappa shape index (κ2) is 15.6. The number of nitrogens with one attached hydrogen (secondary N) is 1. The molecule has 2 amide bonds. The molecular formula is C28H48N6O3. The fourth-order valence-electron chi connectivity index (χ4n) is 5.14. The van der Waals surface area contributed by atoms with E-state index in [1.807, 2.05) is 18.2 Å². The van der Waals surface area contributed by atoms with Crippen molar-refractivity contribution in [2.75, 3.05) is 40.3 Å². The molecule has 0 aromatic heterocycles. The number of hydrogen-bond acceptors (Lipinski definition) is 6. The number of hydrogen-bond donors (Lipinski definition) is 3. The summed E-state index contributed by atoms with van der Waals surface area (Å²) in [5, 5.41) is 2.93. The Kier molecular flexibility index (Phi) is 12.9. The first-order chi connectivity index (χ1) is 17.6. The maximum atomic E-state index is 13.2. The summed E-state index contributed by atoms with van der Waals surface area (Å²) < 4.78 is 5.84. The number of amides is 2. The molecular weight excluding hydrogens is 468 g/mol. The number of nitrogens with zero attached hydrogens (tertiary/aromatic N) is 3. The second-order valence-electron chi connectivity index (χ2n) is 10.6. The standard InChI is InChI=1S/C28H48N6O3/c1-6-25(20(2)19-33(4)5)22-11-9-13-24(17-22)37-28(36)34-16-8-7-12-23(34)18-32-27(35)26(30)14-10-15-31-21(3)29/h9,11,13,17,20,23,25-26H,6-8,10,12,14-16,18-19,30H2,1-5H3,(H2,29,31)(H,32,35)/t20-,23?,25+,26-/m0/s1. The molecule has 0 saturated carbocycles. The normalized spacial score (nSPS) is 18.8. The molecule has 208 valence electrons. The van der Waals surface area contributed by atoms with E-state index in [-0.39, 0.29) is 18.0 Å². The molecule has 2 rings (SSSR count). The lowest BCUT2D eigenvalue weighted by Gasteiger charge is -2.35. The highest BCUT2D eigenvalue weighted by atomic mass is 16.6. The molecule has 5 N–H and O–H groups in total. The zero-order chi connectivity index (χ0) is 27.4. The lowest BCUT2D eigenvalue weighted by Crippen LogP contribution is -2.52. The Morgan fingerprint density at radius 3 is 2.73 bits per heavy atom. The van der Waals surface area contributed by atoms with Crippen molar-refractivity contribution in [1.29, 1.82) is 0 Å². The molecule has 9 heteroatoms. The van der Waals surface area contributed by atoms with Gasteiger partial charge in [-0.25, -0.2) is 4.79 Å². The Bertz CT molecular complexity index is 886. The van der Waals surface area contributed by atoms with Gasteiger partial charge in [0.2, 0.25) is 5.91 Å². The van der Waals surface area contributed by atoms with Crippen LogP contribution in [0.2, 0.25) is 0 Å². The van der Waals surface area contributed by atoms with Gasteiger partial charge in [0.25, 0.3) is 0 Å². The third-order valence-corrected chi connectivity index (χ3v) is 7.02. The van der Waals surface area contributed by atoms with Crippen LogP contribution in [0.3, 0.4) is 0 Å². The Morgan fingerprint density at radius 1 is 1.30 bits per heavy atom. The number of amidine groups is 1. The van der Waals surface area contributed by atoms with E-state index in [0.29, 0.717) is 55.9 Å². The Hall–Kier alpha value is -2.65. The van der Waals surface area contributed by atoms with E-state index < -0.39 is 6.04 Å². The number of benzene rings is 1. The van der Waals surface area contributed by atoms with Gasteiger partial charge in [0.1, 0.15) is 5.75 Å². The van der Waals surface area contributed by atoms with Crippen LogP contribution in [0, 0.1) is 5.92 Å². The third-order valence-electron chi connectivity index (χ3n) is 7.02. The van der Waals surface area contributed by atoms with Crippen molar-refractivity contribution in [2.45, 2.75) is 77.3 Å². The predicted molar refractivity (Wildman–Crippen MR) is 150 cm³/mol. The van der Waals surface area contributed by atoms with Crippen LogP contribution >= 0.6 is 0 Å². The van der Waals surface area contributed by atoms with Gasteiger partial charge in [-0.1, -0.05) is 26.0 Å². The van der Waals surface area contributed by atoms with Gasteiger partial charge in [0, 0.05) is 26.2 Å². The molecule has 1 aromatic rings. The minimum absolute atomic E-state index is 0.117. The van der Waals surface area contributed by atoms with Gasteiger partial charge >= 0.3 is 6.09 Å². The van der Waals surface area contributed by atoms with E-state index in [9.17, 15) is 9.59 Å². The highest BCUT2D eigenvalue weighted by molar-refractivity contribution is 5.81. The summed E-state index contributed by atoms with van der Waals surface area (Å²) in [6, 6.07) is 7.17. The lowest BCUT2D eigenvalue weighted by molar-refractivity contribution is -0.122. The molecule has 0 bridgehead atoms. The minimum atomic E-state index is -0.610. The van der Waals surface area contributed by atoms with Crippen molar-refractivity contribution >= 4 is 17.8 Å². The predicted octanol–water partition coefficient (Wildman–Crippen LogP) is 3.33. The maximum Gasteiger partial charge on any atom is 0.415 e. The van der Waals surface area contributed by atoms with Crippen molar-refractivity contribution < 1.29 is 14.3 Å². The summed E-state index contributed by atoms with van der Waals surface area (Å²) in [5.74, 6) is 1.73. The van der Waals surface area contributed by atoms with Crippen molar-refractivity contribution in [1.82, 2.24) is 15.1 Å². The molecule has 1 aliphatic rings. The molecule has 1 aromatic carbocycles. The van der Waals surface area contributed by atoms with Crippen molar-refractivity contribution in [2.24, 2.45) is 22.4 Å². The smallest absolute Gasteiger partial charge is 0.410 e.